The maximum absolute atomic E-state index is 12.1. The van der Waals surface area contributed by atoms with E-state index in [4.69, 9.17) is 4.74 Å². The van der Waals surface area contributed by atoms with Crippen LogP contribution in [0, 0.1) is 25.7 Å². The summed E-state index contributed by atoms with van der Waals surface area (Å²) in [6.07, 6.45) is 4.67. The van der Waals surface area contributed by atoms with Crippen LogP contribution in [0.3, 0.4) is 0 Å². The van der Waals surface area contributed by atoms with Gasteiger partial charge in [0, 0.05) is 17.4 Å². The molecule has 4 rings (SSSR count). The maximum Gasteiger partial charge on any atom is 0.314 e. The molecule has 0 radical (unpaired) electrons. The van der Waals surface area contributed by atoms with Gasteiger partial charge in [-0.3, -0.25) is 9.59 Å². The highest BCUT2D eigenvalue weighted by atomic mass is 16.5. The summed E-state index contributed by atoms with van der Waals surface area (Å²) in [5.41, 5.74) is 1.74. The van der Waals surface area contributed by atoms with Crippen LogP contribution in [0.25, 0.3) is 5.78 Å². The molecule has 26 heavy (non-hydrogen) atoms. The molecule has 2 aromatic rings. The molecule has 0 aliphatic heterocycles. The first-order chi connectivity index (χ1) is 12.5. The minimum atomic E-state index is -0.514. The number of rotatable bonds is 7. The van der Waals surface area contributed by atoms with Gasteiger partial charge in [-0.1, -0.05) is 0 Å². The van der Waals surface area contributed by atoms with Gasteiger partial charge in [-0.15, -0.1) is 5.10 Å². The number of hydrogen-bond donors (Lipinski definition) is 1. The number of aromatic nitrogens is 4. The fraction of sp³-hybridized carbons (Fsp3) is 0.611. The number of amides is 1. The lowest BCUT2D eigenvalue weighted by molar-refractivity contribution is -0.148. The Bertz CT molecular complexity index is 842. The summed E-state index contributed by atoms with van der Waals surface area (Å²) in [5, 5.41) is 7.31. The van der Waals surface area contributed by atoms with Gasteiger partial charge in [0.2, 0.25) is 0 Å². The number of carbonyl (C=O) groups excluding carboxylic acids is 2. The van der Waals surface area contributed by atoms with Crippen molar-refractivity contribution in [2.45, 2.75) is 52.0 Å². The van der Waals surface area contributed by atoms with Crippen LogP contribution in [-0.4, -0.2) is 44.1 Å². The monoisotopic (exact) mass is 357 g/mol. The van der Waals surface area contributed by atoms with Gasteiger partial charge >= 0.3 is 5.97 Å². The maximum atomic E-state index is 12.1. The Balaban J connectivity index is 1.29. The van der Waals surface area contributed by atoms with Gasteiger partial charge in [-0.2, -0.15) is 4.98 Å². The highest BCUT2D eigenvalue weighted by Gasteiger charge is 2.42. The van der Waals surface area contributed by atoms with E-state index in [1.807, 2.05) is 19.9 Å². The summed E-state index contributed by atoms with van der Waals surface area (Å²) in [5.74, 6) is 1.29. The van der Waals surface area contributed by atoms with Gasteiger partial charge in [0.05, 0.1) is 0 Å². The molecule has 2 aromatic heterocycles. The smallest absolute Gasteiger partial charge is 0.314 e. The Morgan fingerprint density at radius 2 is 1.92 bits per heavy atom. The van der Waals surface area contributed by atoms with Crippen LogP contribution in [0.5, 0.6) is 0 Å². The van der Waals surface area contributed by atoms with Crippen LogP contribution >= 0.6 is 0 Å². The predicted molar refractivity (Wildman–Crippen MR) is 92.3 cm³/mol. The fourth-order valence-electron chi connectivity index (χ4n) is 3.37. The minimum Gasteiger partial charge on any atom is -0.455 e. The molecule has 1 N–H and O–H groups in total. The van der Waals surface area contributed by atoms with E-state index in [-0.39, 0.29) is 25.0 Å². The lowest BCUT2D eigenvalue weighted by Gasteiger charge is -2.17. The molecule has 0 unspecified atom stereocenters. The number of nitrogens with one attached hydrogen (secondary N) is 1. The molecule has 2 aliphatic rings. The molecule has 0 spiro atoms. The van der Waals surface area contributed by atoms with E-state index < -0.39 is 5.97 Å². The molecule has 2 aliphatic carbocycles. The van der Waals surface area contributed by atoms with Crippen molar-refractivity contribution in [2.75, 3.05) is 6.61 Å². The Kier molecular flexibility index (Phi) is 4.34. The number of fused-ring (bicyclic) bond motifs is 1. The molecule has 8 heteroatoms. The van der Waals surface area contributed by atoms with Crippen LogP contribution in [0.4, 0.5) is 0 Å². The van der Waals surface area contributed by atoms with Gasteiger partial charge in [-0.25, -0.2) is 9.50 Å². The predicted octanol–water partition coefficient (Wildman–Crippen LogP) is 1.13. The number of ether oxygens (including phenoxy) is 1. The van der Waals surface area contributed by atoms with Crippen LogP contribution < -0.4 is 5.32 Å². The molecule has 0 atom stereocenters. The van der Waals surface area contributed by atoms with Crippen molar-refractivity contribution in [1.29, 1.82) is 0 Å². The molecular weight excluding hydrogens is 334 g/mol. The van der Waals surface area contributed by atoms with Crippen molar-refractivity contribution in [3.63, 3.8) is 0 Å². The quantitative estimate of drug-likeness (QED) is 0.746. The molecule has 0 saturated heterocycles. The lowest BCUT2D eigenvalue weighted by atomic mass is 10.1. The molecule has 1 amide bonds. The number of aryl methyl sites for hydroxylation is 2. The topological polar surface area (TPSA) is 98.5 Å². The Morgan fingerprint density at radius 1 is 1.23 bits per heavy atom. The summed E-state index contributed by atoms with van der Waals surface area (Å²) in [7, 11) is 0. The van der Waals surface area contributed by atoms with E-state index in [1.165, 1.54) is 25.7 Å². The van der Waals surface area contributed by atoms with E-state index in [9.17, 15) is 9.59 Å². The van der Waals surface area contributed by atoms with E-state index in [0.717, 1.165) is 11.4 Å². The zero-order valence-corrected chi connectivity index (χ0v) is 15.1. The van der Waals surface area contributed by atoms with Crippen molar-refractivity contribution in [2.24, 2.45) is 11.8 Å². The molecule has 0 bridgehead atoms. The second-order valence-electron chi connectivity index (χ2n) is 7.38. The number of carbonyl (C=O) groups is 2. The van der Waals surface area contributed by atoms with Crippen molar-refractivity contribution in [3.05, 3.63) is 23.3 Å². The zero-order valence-electron chi connectivity index (χ0n) is 15.1. The second-order valence-corrected chi connectivity index (χ2v) is 7.38. The summed E-state index contributed by atoms with van der Waals surface area (Å²) < 4.78 is 6.69. The normalized spacial score (nSPS) is 16.9. The van der Waals surface area contributed by atoms with Crippen LogP contribution in [0.2, 0.25) is 0 Å². The van der Waals surface area contributed by atoms with Crippen molar-refractivity contribution >= 4 is 17.7 Å². The standard InChI is InChI=1S/C18H23N5O3/c1-10-7-11(2)23-18(19-10)20-14(22-23)8-16(25)26-9-15(24)21-17(12-3-4-12)13-5-6-13/h7,12-13,17H,3-6,8-9H2,1-2H3,(H,21,24). The van der Waals surface area contributed by atoms with Gasteiger partial charge in [0.25, 0.3) is 11.7 Å². The Morgan fingerprint density at radius 3 is 2.58 bits per heavy atom. The largest absolute Gasteiger partial charge is 0.455 e. The third kappa shape index (κ3) is 3.84. The van der Waals surface area contributed by atoms with Gasteiger partial charge in [0.1, 0.15) is 6.42 Å². The molecule has 8 nitrogen and oxygen atoms in total. The first-order valence-corrected chi connectivity index (χ1v) is 9.14. The fourth-order valence-corrected chi connectivity index (χ4v) is 3.37. The van der Waals surface area contributed by atoms with E-state index >= 15 is 0 Å². The number of nitrogens with zero attached hydrogens (tertiary/aromatic N) is 4. The average Bonchev–Trinajstić information content (AvgIpc) is 3.49. The average molecular weight is 357 g/mol. The highest BCUT2D eigenvalue weighted by molar-refractivity contribution is 5.81. The second kappa shape index (κ2) is 6.66. The Hall–Kier alpha value is -2.51. The first kappa shape index (κ1) is 16.9. The summed E-state index contributed by atoms with van der Waals surface area (Å²) >= 11 is 0. The molecule has 2 heterocycles. The van der Waals surface area contributed by atoms with Gasteiger partial charge in [0.15, 0.2) is 12.4 Å². The molecule has 2 saturated carbocycles. The highest BCUT2D eigenvalue weighted by Crippen LogP contribution is 2.44. The first-order valence-electron chi connectivity index (χ1n) is 9.14. The van der Waals surface area contributed by atoms with Crippen molar-refractivity contribution in [3.8, 4) is 0 Å². The van der Waals surface area contributed by atoms with E-state index in [0.29, 0.717) is 23.4 Å². The third-order valence-electron chi connectivity index (χ3n) is 4.92. The Labute approximate surface area is 151 Å². The summed E-state index contributed by atoms with van der Waals surface area (Å²) in [4.78, 5) is 32.6. The SMILES string of the molecule is Cc1cc(C)n2nc(CC(=O)OCC(=O)NC(C3CC3)C3CC3)nc2n1. The molecule has 0 aromatic carbocycles. The van der Waals surface area contributed by atoms with Gasteiger partial charge in [-0.05, 0) is 57.4 Å². The molecule has 138 valence electrons. The van der Waals surface area contributed by atoms with E-state index in [2.05, 4.69) is 20.4 Å². The number of hydrogen-bond acceptors (Lipinski definition) is 6. The summed E-state index contributed by atoms with van der Waals surface area (Å²) in [6.45, 7) is 3.53. The molecular formula is C18H23N5O3. The molecule has 2 fully saturated rings. The summed E-state index contributed by atoms with van der Waals surface area (Å²) in [6, 6.07) is 2.16. The van der Waals surface area contributed by atoms with Gasteiger partial charge < -0.3 is 10.1 Å². The minimum absolute atomic E-state index is 0.0796. The third-order valence-corrected chi connectivity index (χ3v) is 4.92. The van der Waals surface area contributed by atoms with Crippen molar-refractivity contribution in [1.82, 2.24) is 24.9 Å². The van der Waals surface area contributed by atoms with E-state index in [1.54, 1.807) is 4.52 Å². The number of esters is 1. The van der Waals surface area contributed by atoms with Crippen LogP contribution in [-0.2, 0) is 20.7 Å². The van der Waals surface area contributed by atoms with Crippen LogP contribution in [0.1, 0.15) is 42.9 Å². The van der Waals surface area contributed by atoms with Crippen molar-refractivity contribution < 1.29 is 14.3 Å². The van der Waals surface area contributed by atoms with Crippen LogP contribution in [0.15, 0.2) is 6.07 Å². The zero-order chi connectivity index (χ0) is 18.3. The lowest BCUT2D eigenvalue weighted by Crippen LogP contribution is -2.40.